The summed E-state index contributed by atoms with van der Waals surface area (Å²) in [7, 11) is 0. The van der Waals surface area contributed by atoms with Gasteiger partial charge in [-0.05, 0) is 42.0 Å². The fourth-order valence-electron chi connectivity index (χ4n) is 3.11. The molecule has 0 radical (unpaired) electrons. The van der Waals surface area contributed by atoms with Crippen LogP contribution >= 0.6 is 0 Å². The highest BCUT2D eigenvalue weighted by atomic mass is 14.1. The van der Waals surface area contributed by atoms with E-state index in [4.69, 9.17) is 0 Å². The molecule has 0 bridgehead atoms. The minimum atomic E-state index is 0.437. The van der Waals surface area contributed by atoms with Crippen molar-refractivity contribution in [3.8, 4) is 0 Å². The molecule has 1 unspecified atom stereocenters. The summed E-state index contributed by atoms with van der Waals surface area (Å²) < 4.78 is 0. The van der Waals surface area contributed by atoms with Crippen LogP contribution in [0.5, 0.6) is 0 Å². The Morgan fingerprint density at radius 3 is 1.92 bits per heavy atom. The molecule has 0 saturated heterocycles. The van der Waals surface area contributed by atoms with Crippen molar-refractivity contribution in [2.75, 3.05) is 0 Å². The minimum Gasteiger partial charge on any atom is -0.0735 e. The molecule has 1 atom stereocenters. The summed E-state index contributed by atoms with van der Waals surface area (Å²) in [5.41, 5.74) is 5.45. The SMILES string of the molecule is CC(=CC(CCc1ccccc1)c1ccccc1)c1ccccc1. The van der Waals surface area contributed by atoms with Gasteiger partial charge in [0.15, 0.2) is 0 Å². The van der Waals surface area contributed by atoms with Crippen LogP contribution < -0.4 is 0 Å². The first kappa shape index (κ1) is 16.3. The summed E-state index contributed by atoms with van der Waals surface area (Å²) in [4.78, 5) is 0. The Bertz CT molecular complexity index is 755. The van der Waals surface area contributed by atoms with Crippen LogP contribution in [0.3, 0.4) is 0 Å². The van der Waals surface area contributed by atoms with Gasteiger partial charge in [0.2, 0.25) is 0 Å². The van der Waals surface area contributed by atoms with Crippen molar-refractivity contribution in [3.63, 3.8) is 0 Å². The van der Waals surface area contributed by atoms with E-state index < -0.39 is 0 Å². The lowest BCUT2D eigenvalue weighted by atomic mass is 9.89. The molecule has 3 aromatic rings. The monoisotopic (exact) mass is 312 g/mol. The Balaban J connectivity index is 1.82. The Morgan fingerprint density at radius 2 is 1.29 bits per heavy atom. The summed E-state index contributed by atoms with van der Waals surface area (Å²) >= 11 is 0. The molecule has 24 heavy (non-hydrogen) atoms. The maximum Gasteiger partial charge on any atom is 0.00270 e. The smallest absolute Gasteiger partial charge is 0.00270 e. The average molecular weight is 312 g/mol. The van der Waals surface area contributed by atoms with Crippen molar-refractivity contribution < 1.29 is 0 Å². The third kappa shape index (κ3) is 4.45. The van der Waals surface area contributed by atoms with Crippen molar-refractivity contribution in [1.29, 1.82) is 0 Å². The van der Waals surface area contributed by atoms with E-state index in [9.17, 15) is 0 Å². The zero-order valence-electron chi connectivity index (χ0n) is 14.2. The highest BCUT2D eigenvalue weighted by Crippen LogP contribution is 2.27. The zero-order chi connectivity index (χ0) is 16.6. The van der Waals surface area contributed by atoms with Crippen molar-refractivity contribution in [1.82, 2.24) is 0 Å². The first-order chi connectivity index (χ1) is 11.8. The molecule has 0 spiro atoms. The Morgan fingerprint density at radius 1 is 0.750 bits per heavy atom. The predicted octanol–water partition coefficient (Wildman–Crippen LogP) is 6.51. The number of benzene rings is 3. The summed E-state index contributed by atoms with van der Waals surface area (Å²) in [6.45, 7) is 2.22. The molecular formula is C24H24. The number of allylic oxidation sites excluding steroid dienone is 2. The first-order valence-electron chi connectivity index (χ1n) is 8.65. The number of aryl methyl sites for hydroxylation is 1. The van der Waals surface area contributed by atoms with Gasteiger partial charge in [0.25, 0.3) is 0 Å². The van der Waals surface area contributed by atoms with Crippen LogP contribution in [0.2, 0.25) is 0 Å². The van der Waals surface area contributed by atoms with Crippen LogP contribution in [0.4, 0.5) is 0 Å². The molecule has 0 aliphatic rings. The van der Waals surface area contributed by atoms with Gasteiger partial charge < -0.3 is 0 Å². The van der Waals surface area contributed by atoms with E-state index >= 15 is 0 Å². The fourth-order valence-corrected chi connectivity index (χ4v) is 3.11. The van der Waals surface area contributed by atoms with Gasteiger partial charge in [-0.25, -0.2) is 0 Å². The maximum atomic E-state index is 2.42. The lowest BCUT2D eigenvalue weighted by molar-refractivity contribution is 0.736. The molecule has 0 amide bonds. The molecule has 0 aliphatic carbocycles. The van der Waals surface area contributed by atoms with Crippen molar-refractivity contribution in [2.45, 2.75) is 25.7 Å². The topological polar surface area (TPSA) is 0 Å². The summed E-state index contributed by atoms with van der Waals surface area (Å²) in [6.07, 6.45) is 4.64. The van der Waals surface area contributed by atoms with Crippen LogP contribution in [0.25, 0.3) is 5.57 Å². The Hall–Kier alpha value is -2.60. The molecule has 0 N–H and O–H groups in total. The van der Waals surface area contributed by atoms with Crippen LogP contribution in [0, 0.1) is 0 Å². The molecule has 120 valence electrons. The van der Waals surface area contributed by atoms with Crippen LogP contribution in [0.1, 0.15) is 36.0 Å². The first-order valence-corrected chi connectivity index (χ1v) is 8.65. The molecule has 0 heteroatoms. The molecule has 3 aromatic carbocycles. The summed E-state index contributed by atoms with van der Waals surface area (Å²) in [6, 6.07) is 32.3. The van der Waals surface area contributed by atoms with Gasteiger partial charge in [-0.2, -0.15) is 0 Å². The second-order valence-corrected chi connectivity index (χ2v) is 6.26. The van der Waals surface area contributed by atoms with Gasteiger partial charge >= 0.3 is 0 Å². The van der Waals surface area contributed by atoms with Crippen molar-refractivity contribution in [3.05, 3.63) is 114 Å². The van der Waals surface area contributed by atoms with Crippen molar-refractivity contribution in [2.24, 2.45) is 0 Å². The molecule has 0 aromatic heterocycles. The molecule has 0 fully saturated rings. The maximum absolute atomic E-state index is 2.42. The fraction of sp³-hybridized carbons (Fsp3) is 0.167. The third-order valence-corrected chi connectivity index (χ3v) is 4.49. The lowest BCUT2D eigenvalue weighted by Gasteiger charge is -2.15. The lowest BCUT2D eigenvalue weighted by Crippen LogP contribution is -1.99. The quantitative estimate of drug-likeness (QED) is 0.487. The second kappa shape index (κ2) is 8.31. The van der Waals surface area contributed by atoms with E-state index in [1.807, 2.05) is 0 Å². The van der Waals surface area contributed by atoms with E-state index in [1.54, 1.807) is 0 Å². The van der Waals surface area contributed by atoms with E-state index in [0.717, 1.165) is 12.8 Å². The molecule has 0 aliphatic heterocycles. The van der Waals surface area contributed by atoms with E-state index in [1.165, 1.54) is 22.3 Å². The number of hydrogen-bond acceptors (Lipinski definition) is 0. The standard InChI is InChI=1S/C24H24/c1-20(22-13-7-3-8-14-22)19-24(23-15-9-4-10-16-23)18-17-21-11-5-2-6-12-21/h2-16,19,24H,17-18H2,1H3. The van der Waals surface area contributed by atoms with Crippen LogP contribution in [-0.4, -0.2) is 0 Å². The molecule has 0 nitrogen and oxygen atoms in total. The van der Waals surface area contributed by atoms with E-state index in [2.05, 4.69) is 104 Å². The molecule has 0 heterocycles. The summed E-state index contributed by atoms with van der Waals surface area (Å²) in [5, 5.41) is 0. The van der Waals surface area contributed by atoms with Gasteiger partial charge in [0.05, 0.1) is 0 Å². The predicted molar refractivity (Wildman–Crippen MR) is 104 cm³/mol. The molecular weight excluding hydrogens is 288 g/mol. The summed E-state index contributed by atoms with van der Waals surface area (Å²) in [5.74, 6) is 0.437. The van der Waals surface area contributed by atoms with Gasteiger partial charge in [-0.15, -0.1) is 0 Å². The second-order valence-electron chi connectivity index (χ2n) is 6.26. The van der Waals surface area contributed by atoms with E-state index in [-0.39, 0.29) is 0 Å². The average Bonchev–Trinajstić information content (AvgIpc) is 2.67. The highest BCUT2D eigenvalue weighted by molar-refractivity contribution is 5.64. The van der Waals surface area contributed by atoms with Crippen LogP contribution in [-0.2, 0) is 6.42 Å². The number of rotatable bonds is 6. The largest absolute Gasteiger partial charge is 0.0735 e. The van der Waals surface area contributed by atoms with Gasteiger partial charge in [-0.1, -0.05) is 97.1 Å². The van der Waals surface area contributed by atoms with Crippen LogP contribution in [0.15, 0.2) is 97.1 Å². The van der Waals surface area contributed by atoms with Crippen molar-refractivity contribution >= 4 is 5.57 Å². The highest BCUT2D eigenvalue weighted by Gasteiger charge is 2.10. The third-order valence-electron chi connectivity index (χ3n) is 4.49. The van der Waals surface area contributed by atoms with Gasteiger partial charge in [0, 0.05) is 5.92 Å². The Kier molecular flexibility index (Phi) is 5.63. The van der Waals surface area contributed by atoms with Gasteiger partial charge in [-0.3, -0.25) is 0 Å². The molecule has 0 saturated carbocycles. The number of hydrogen-bond donors (Lipinski definition) is 0. The zero-order valence-corrected chi connectivity index (χ0v) is 14.2. The van der Waals surface area contributed by atoms with Gasteiger partial charge in [0.1, 0.15) is 0 Å². The Labute approximate surface area is 145 Å². The van der Waals surface area contributed by atoms with E-state index in [0.29, 0.717) is 5.92 Å². The minimum absolute atomic E-state index is 0.437. The normalized spacial score (nSPS) is 12.8. The molecule has 3 rings (SSSR count).